The zero-order valence-electron chi connectivity index (χ0n) is 10.4. The van der Waals surface area contributed by atoms with Gasteiger partial charge in [0.2, 0.25) is 0 Å². The van der Waals surface area contributed by atoms with Crippen molar-refractivity contribution in [1.82, 2.24) is 9.97 Å². The van der Waals surface area contributed by atoms with E-state index < -0.39 is 0 Å². The Labute approximate surface area is 105 Å². The third-order valence-corrected chi connectivity index (χ3v) is 2.85. The molecule has 2 rings (SSSR count). The molecule has 2 aromatic rings. The third-order valence-electron chi connectivity index (χ3n) is 2.85. The number of nitrogens with two attached hydrogens (primary N) is 1. The van der Waals surface area contributed by atoms with Crippen LogP contribution in [0.1, 0.15) is 18.1 Å². The predicted molar refractivity (Wildman–Crippen MR) is 70.2 cm³/mol. The molecule has 0 fully saturated rings. The summed E-state index contributed by atoms with van der Waals surface area (Å²) in [6.07, 6.45) is 2.11. The number of nitrogen functional groups attached to an aromatic ring is 1. The summed E-state index contributed by atoms with van der Waals surface area (Å²) in [5, 5.41) is 3.10. The van der Waals surface area contributed by atoms with Crippen LogP contribution in [0.15, 0.2) is 24.5 Å². The van der Waals surface area contributed by atoms with Crippen molar-refractivity contribution < 1.29 is 4.39 Å². The molecular formula is C13H15FN4. The topological polar surface area (TPSA) is 63.8 Å². The highest BCUT2D eigenvalue weighted by Gasteiger charge is 2.09. The average Bonchev–Trinajstić information content (AvgIpc) is 2.35. The second kappa shape index (κ2) is 5.00. The van der Waals surface area contributed by atoms with Crippen LogP contribution in [0.5, 0.6) is 0 Å². The van der Waals surface area contributed by atoms with Crippen molar-refractivity contribution in [2.45, 2.75) is 20.3 Å². The summed E-state index contributed by atoms with van der Waals surface area (Å²) < 4.78 is 13.4. The highest BCUT2D eigenvalue weighted by Crippen LogP contribution is 2.25. The number of hydrogen-bond donors (Lipinski definition) is 2. The summed E-state index contributed by atoms with van der Waals surface area (Å²) in [5.74, 6) is 0.822. The average molecular weight is 246 g/mol. The van der Waals surface area contributed by atoms with Gasteiger partial charge in [0.05, 0.1) is 0 Å². The summed E-state index contributed by atoms with van der Waals surface area (Å²) >= 11 is 0. The molecule has 0 unspecified atom stereocenters. The van der Waals surface area contributed by atoms with E-state index in [1.807, 2.05) is 6.92 Å². The number of nitrogens with zero attached hydrogens (tertiary/aromatic N) is 2. The van der Waals surface area contributed by atoms with Gasteiger partial charge in [0, 0.05) is 16.8 Å². The van der Waals surface area contributed by atoms with E-state index >= 15 is 0 Å². The van der Waals surface area contributed by atoms with E-state index in [0.717, 1.165) is 5.56 Å². The Hall–Kier alpha value is -2.17. The number of anilines is 3. The quantitative estimate of drug-likeness (QED) is 0.874. The maximum atomic E-state index is 13.4. The highest BCUT2D eigenvalue weighted by molar-refractivity contribution is 5.66. The van der Waals surface area contributed by atoms with E-state index in [1.165, 1.54) is 12.4 Å². The number of benzene rings is 1. The van der Waals surface area contributed by atoms with Crippen LogP contribution in [0.2, 0.25) is 0 Å². The fourth-order valence-corrected chi connectivity index (χ4v) is 1.75. The molecular weight excluding hydrogens is 231 g/mol. The molecule has 0 saturated heterocycles. The van der Waals surface area contributed by atoms with Crippen LogP contribution in [-0.2, 0) is 6.42 Å². The summed E-state index contributed by atoms with van der Waals surface area (Å²) in [7, 11) is 0. The summed E-state index contributed by atoms with van der Waals surface area (Å²) in [6.45, 7) is 3.69. The van der Waals surface area contributed by atoms with Gasteiger partial charge in [-0.3, -0.25) is 0 Å². The first-order valence-corrected chi connectivity index (χ1v) is 5.75. The monoisotopic (exact) mass is 246 g/mol. The molecule has 3 N–H and O–H groups in total. The van der Waals surface area contributed by atoms with Crippen LogP contribution in [0, 0.1) is 12.7 Å². The molecule has 5 heteroatoms. The van der Waals surface area contributed by atoms with E-state index in [4.69, 9.17) is 5.73 Å². The molecule has 0 amide bonds. The molecule has 0 atom stereocenters. The second-order valence-corrected chi connectivity index (χ2v) is 3.98. The van der Waals surface area contributed by atoms with Gasteiger partial charge < -0.3 is 11.1 Å². The van der Waals surface area contributed by atoms with Gasteiger partial charge in [-0.2, -0.15) is 0 Å². The van der Waals surface area contributed by atoms with Gasteiger partial charge in [0.1, 0.15) is 23.8 Å². The lowest BCUT2D eigenvalue weighted by Crippen LogP contribution is -2.05. The lowest BCUT2D eigenvalue weighted by Gasteiger charge is -2.13. The number of nitrogens with one attached hydrogen (secondary N) is 1. The van der Waals surface area contributed by atoms with Crippen LogP contribution in [0.4, 0.5) is 21.7 Å². The molecule has 0 radical (unpaired) electrons. The van der Waals surface area contributed by atoms with Crippen LogP contribution >= 0.6 is 0 Å². The number of aromatic nitrogens is 2. The van der Waals surface area contributed by atoms with Crippen LogP contribution < -0.4 is 11.1 Å². The van der Waals surface area contributed by atoms with Crippen molar-refractivity contribution in [2.24, 2.45) is 0 Å². The largest absolute Gasteiger partial charge is 0.383 e. The van der Waals surface area contributed by atoms with Gasteiger partial charge in [-0.25, -0.2) is 14.4 Å². The molecule has 1 aromatic heterocycles. The van der Waals surface area contributed by atoms with Crippen molar-refractivity contribution >= 4 is 17.3 Å². The van der Waals surface area contributed by atoms with E-state index in [1.54, 1.807) is 19.1 Å². The molecule has 1 heterocycles. The van der Waals surface area contributed by atoms with Crippen LogP contribution in [0.3, 0.4) is 0 Å². The maximum Gasteiger partial charge on any atom is 0.139 e. The van der Waals surface area contributed by atoms with Crippen molar-refractivity contribution in [3.05, 3.63) is 41.5 Å². The zero-order chi connectivity index (χ0) is 13.1. The molecule has 0 bridgehead atoms. The van der Waals surface area contributed by atoms with Crippen molar-refractivity contribution in [3.63, 3.8) is 0 Å². The molecule has 0 saturated carbocycles. The molecule has 18 heavy (non-hydrogen) atoms. The molecule has 0 aliphatic carbocycles. The Morgan fingerprint density at radius 2 is 2.11 bits per heavy atom. The first-order valence-electron chi connectivity index (χ1n) is 5.75. The number of halogens is 1. The van der Waals surface area contributed by atoms with Crippen LogP contribution in [0.25, 0.3) is 0 Å². The Morgan fingerprint density at radius 3 is 2.83 bits per heavy atom. The first-order chi connectivity index (χ1) is 8.63. The van der Waals surface area contributed by atoms with Crippen LogP contribution in [-0.4, -0.2) is 9.97 Å². The van der Waals surface area contributed by atoms with Gasteiger partial charge in [-0.1, -0.05) is 13.0 Å². The van der Waals surface area contributed by atoms with Gasteiger partial charge >= 0.3 is 0 Å². The van der Waals surface area contributed by atoms with E-state index in [9.17, 15) is 4.39 Å². The van der Waals surface area contributed by atoms with Gasteiger partial charge in [-0.05, 0) is 25.5 Å². The van der Waals surface area contributed by atoms with Crippen molar-refractivity contribution in [3.8, 4) is 0 Å². The maximum absolute atomic E-state index is 13.4. The fraction of sp³-hybridized carbons (Fsp3) is 0.231. The van der Waals surface area contributed by atoms with Crippen molar-refractivity contribution in [2.75, 3.05) is 11.1 Å². The van der Waals surface area contributed by atoms with Crippen molar-refractivity contribution in [1.29, 1.82) is 0 Å². The number of hydrogen-bond acceptors (Lipinski definition) is 4. The van der Waals surface area contributed by atoms with Gasteiger partial charge in [0.15, 0.2) is 0 Å². The molecule has 0 spiro atoms. The molecule has 0 aliphatic heterocycles. The number of rotatable bonds is 3. The predicted octanol–water partition coefficient (Wildman–Crippen LogP) is 2.81. The van der Waals surface area contributed by atoms with Gasteiger partial charge in [0.25, 0.3) is 0 Å². The van der Waals surface area contributed by atoms with E-state index in [0.29, 0.717) is 29.3 Å². The Balaban J connectivity index is 2.40. The zero-order valence-corrected chi connectivity index (χ0v) is 10.4. The summed E-state index contributed by atoms with van der Waals surface area (Å²) in [4.78, 5) is 8.10. The van der Waals surface area contributed by atoms with Gasteiger partial charge in [-0.15, -0.1) is 0 Å². The Bertz CT molecular complexity index is 569. The molecule has 94 valence electrons. The summed E-state index contributed by atoms with van der Waals surface area (Å²) in [5.41, 5.74) is 7.86. The minimum Gasteiger partial charge on any atom is -0.383 e. The van der Waals surface area contributed by atoms with E-state index in [2.05, 4.69) is 15.3 Å². The SMILES string of the molecule is CCc1c(N)ncnc1Nc1cccc(F)c1C. The second-order valence-electron chi connectivity index (χ2n) is 3.98. The Morgan fingerprint density at radius 1 is 1.33 bits per heavy atom. The lowest BCUT2D eigenvalue weighted by molar-refractivity contribution is 0.619. The normalized spacial score (nSPS) is 10.4. The summed E-state index contributed by atoms with van der Waals surface area (Å²) in [6, 6.07) is 4.88. The molecule has 4 nitrogen and oxygen atoms in total. The minimum absolute atomic E-state index is 0.250. The fourth-order valence-electron chi connectivity index (χ4n) is 1.75. The highest BCUT2D eigenvalue weighted by atomic mass is 19.1. The standard InChI is InChI=1S/C13H15FN4/c1-3-9-12(15)16-7-17-13(9)18-11-6-4-5-10(14)8(11)2/h4-7H,3H2,1-2H3,(H3,15,16,17,18). The lowest BCUT2D eigenvalue weighted by atomic mass is 10.1. The van der Waals surface area contributed by atoms with E-state index in [-0.39, 0.29) is 5.82 Å². The molecule has 1 aromatic carbocycles. The first kappa shape index (κ1) is 12.3. The smallest absolute Gasteiger partial charge is 0.139 e. The Kier molecular flexibility index (Phi) is 3.41. The molecule has 0 aliphatic rings. The minimum atomic E-state index is -0.250. The third kappa shape index (κ3) is 2.25.